The van der Waals surface area contributed by atoms with Gasteiger partial charge in [-0.3, -0.25) is 19.0 Å². The Morgan fingerprint density at radius 1 is 0.844 bits per heavy atom. The van der Waals surface area contributed by atoms with E-state index in [2.05, 4.69) is 12.1 Å². The van der Waals surface area contributed by atoms with Crippen LogP contribution in [0.4, 0.5) is 0 Å². The van der Waals surface area contributed by atoms with Gasteiger partial charge in [0, 0.05) is 43.9 Å². The lowest BCUT2D eigenvalue weighted by molar-refractivity contribution is -0.891. The van der Waals surface area contributed by atoms with Gasteiger partial charge in [0.15, 0.2) is 6.29 Å². The summed E-state index contributed by atoms with van der Waals surface area (Å²) in [7, 11) is 0. The van der Waals surface area contributed by atoms with Crippen molar-refractivity contribution in [3.05, 3.63) is 69.2 Å². The Kier molecular flexibility index (Phi) is 5.46. The number of aliphatic hydroxyl groups excluding tert-OH is 1. The first-order valence-electron chi connectivity index (χ1n) is 10.7. The third kappa shape index (κ3) is 3.30. The molecule has 162 valence electrons. The van der Waals surface area contributed by atoms with Crippen molar-refractivity contribution in [1.29, 1.82) is 0 Å². The summed E-state index contributed by atoms with van der Waals surface area (Å²) < 4.78 is 3.55. The number of benzene rings is 3. The number of hydrogen-bond donors (Lipinski definition) is 2. The van der Waals surface area contributed by atoms with Gasteiger partial charge in [-0.25, -0.2) is 0 Å². The summed E-state index contributed by atoms with van der Waals surface area (Å²) >= 11 is 1.67. The number of pyridine rings is 1. The molecule has 2 heterocycles. The third-order valence-electron chi connectivity index (χ3n) is 6.22. The van der Waals surface area contributed by atoms with Crippen LogP contribution in [-0.2, 0) is 11.3 Å². The van der Waals surface area contributed by atoms with Crippen LogP contribution >= 0.6 is 11.3 Å². The fourth-order valence-electron chi connectivity index (χ4n) is 4.70. The fraction of sp³-hybridized carbons (Fsp3) is 0.240. The minimum absolute atomic E-state index is 0.00801. The van der Waals surface area contributed by atoms with Gasteiger partial charge in [-0.1, -0.05) is 24.3 Å². The first kappa shape index (κ1) is 20.8. The Morgan fingerprint density at radius 3 is 2.31 bits per heavy atom. The lowest BCUT2D eigenvalue weighted by Gasteiger charge is -2.16. The van der Waals surface area contributed by atoms with Crippen molar-refractivity contribution in [3.8, 4) is 0 Å². The van der Waals surface area contributed by atoms with E-state index >= 15 is 0 Å². The molecule has 5 aromatic rings. The molecule has 0 aliphatic carbocycles. The van der Waals surface area contributed by atoms with E-state index in [0.717, 1.165) is 37.4 Å². The van der Waals surface area contributed by atoms with Crippen LogP contribution in [0, 0.1) is 0 Å². The molecule has 5 rings (SSSR count). The minimum atomic E-state index is -0.269. The Bertz CT molecular complexity index is 1540. The number of aliphatic hydroxyl groups is 1. The molecule has 0 aliphatic heterocycles. The Hall–Kier alpha value is -3.13. The lowest BCUT2D eigenvalue weighted by atomic mass is 9.98. The van der Waals surface area contributed by atoms with Crippen molar-refractivity contribution in [2.75, 3.05) is 26.2 Å². The molecule has 3 aromatic carbocycles. The first-order chi connectivity index (χ1) is 15.6. The van der Waals surface area contributed by atoms with E-state index in [1.807, 2.05) is 36.4 Å². The number of hydrogen-bond acceptors (Lipinski definition) is 5. The Morgan fingerprint density at radius 2 is 1.56 bits per heavy atom. The van der Waals surface area contributed by atoms with Crippen molar-refractivity contribution in [1.82, 2.24) is 4.57 Å². The molecule has 1 unspecified atom stereocenters. The maximum Gasteiger partial charge on any atom is 0.261 e. The number of carbonyl (C=O) groups is 1. The highest BCUT2D eigenvalue weighted by Crippen LogP contribution is 2.39. The second kappa shape index (κ2) is 8.43. The molecule has 0 saturated carbocycles. The van der Waals surface area contributed by atoms with Gasteiger partial charge in [0.2, 0.25) is 0 Å². The summed E-state index contributed by atoms with van der Waals surface area (Å²) in [5.74, 6) is 0. The van der Waals surface area contributed by atoms with Crippen molar-refractivity contribution in [3.63, 3.8) is 0 Å². The Balaban J connectivity index is 1.65. The molecule has 0 bridgehead atoms. The van der Waals surface area contributed by atoms with E-state index in [1.165, 1.54) is 9.27 Å². The SMILES string of the molecule is O=CC[NH+](CCO)CCCn1c(=O)c2ccc3sc4ccccc4c4ccc(c1=O)c2c34. The van der Waals surface area contributed by atoms with Crippen molar-refractivity contribution >= 4 is 59.3 Å². The second-order valence-corrected chi connectivity index (χ2v) is 9.16. The quantitative estimate of drug-likeness (QED) is 0.216. The first-order valence-corrected chi connectivity index (χ1v) is 11.6. The molecule has 0 fully saturated rings. The second-order valence-electron chi connectivity index (χ2n) is 8.08. The maximum atomic E-state index is 13.3. The number of aromatic nitrogens is 1. The van der Waals surface area contributed by atoms with Crippen molar-refractivity contribution < 1.29 is 14.8 Å². The molecule has 2 aromatic heterocycles. The molecule has 32 heavy (non-hydrogen) atoms. The molecule has 7 heteroatoms. The van der Waals surface area contributed by atoms with E-state index in [-0.39, 0.29) is 24.3 Å². The summed E-state index contributed by atoms with van der Waals surface area (Å²) in [5, 5.41) is 14.2. The van der Waals surface area contributed by atoms with Crippen LogP contribution in [0.15, 0.2) is 58.1 Å². The van der Waals surface area contributed by atoms with Gasteiger partial charge in [0.1, 0.15) is 13.1 Å². The van der Waals surface area contributed by atoms with Crippen LogP contribution in [0.1, 0.15) is 6.42 Å². The highest BCUT2D eigenvalue weighted by molar-refractivity contribution is 7.25. The Labute approximate surface area is 187 Å². The van der Waals surface area contributed by atoms with Crippen LogP contribution in [0.3, 0.4) is 0 Å². The molecule has 1 atom stereocenters. The predicted octanol–water partition coefficient (Wildman–Crippen LogP) is 1.79. The monoisotopic (exact) mass is 447 g/mol. The molecule has 0 radical (unpaired) electrons. The number of aldehydes is 1. The minimum Gasteiger partial charge on any atom is -0.391 e. The third-order valence-corrected chi connectivity index (χ3v) is 7.36. The van der Waals surface area contributed by atoms with Gasteiger partial charge in [0.25, 0.3) is 11.1 Å². The summed E-state index contributed by atoms with van der Waals surface area (Å²) in [6.07, 6.45) is 1.40. The van der Waals surface area contributed by atoms with Crippen LogP contribution < -0.4 is 16.0 Å². The molecule has 0 saturated heterocycles. The largest absolute Gasteiger partial charge is 0.391 e. The topological polar surface area (TPSA) is 80.8 Å². The van der Waals surface area contributed by atoms with Crippen LogP contribution in [0.2, 0.25) is 0 Å². The number of fused-ring (bicyclic) bond motifs is 2. The maximum absolute atomic E-state index is 13.3. The zero-order valence-corrected chi connectivity index (χ0v) is 18.3. The van der Waals surface area contributed by atoms with E-state index in [4.69, 9.17) is 5.11 Å². The molecule has 0 spiro atoms. The summed E-state index contributed by atoms with van der Waals surface area (Å²) in [5.41, 5.74) is -0.539. The number of nitrogens with zero attached hydrogens (tertiary/aromatic N) is 1. The highest BCUT2D eigenvalue weighted by atomic mass is 32.1. The molecule has 6 nitrogen and oxygen atoms in total. The molecule has 2 N–H and O–H groups in total. The summed E-state index contributed by atoms with van der Waals surface area (Å²) in [4.78, 5) is 38.4. The smallest absolute Gasteiger partial charge is 0.261 e. The van der Waals surface area contributed by atoms with Gasteiger partial charge >= 0.3 is 0 Å². The number of rotatable bonds is 8. The zero-order valence-electron chi connectivity index (χ0n) is 17.5. The van der Waals surface area contributed by atoms with E-state index < -0.39 is 0 Å². The van der Waals surface area contributed by atoms with Crippen LogP contribution in [0.5, 0.6) is 0 Å². The van der Waals surface area contributed by atoms with E-state index in [0.29, 0.717) is 36.8 Å². The number of quaternary nitrogens is 1. The van der Waals surface area contributed by atoms with Crippen molar-refractivity contribution in [2.45, 2.75) is 13.0 Å². The highest BCUT2D eigenvalue weighted by Gasteiger charge is 2.18. The zero-order chi connectivity index (χ0) is 22.2. The fourth-order valence-corrected chi connectivity index (χ4v) is 5.83. The standard InChI is InChI=1S/C25H22N2O4S/c28-14-12-26(13-15-29)10-3-11-27-24(30)18-7-6-17-16-4-1-2-5-20(16)32-21-9-8-19(25(27)31)22(18)23(17)21/h1-2,4-9,14,29H,3,10-13,15H2/p+1. The molecular formula is C25H23N2O4S+. The van der Waals surface area contributed by atoms with Crippen molar-refractivity contribution in [2.24, 2.45) is 0 Å². The molecule has 0 aliphatic rings. The van der Waals surface area contributed by atoms with E-state index in [1.54, 1.807) is 11.3 Å². The number of carbonyl (C=O) groups excluding carboxylic acids is 1. The molecule has 0 amide bonds. The summed E-state index contributed by atoms with van der Waals surface area (Å²) in [6.45, 7) is 1.64. The average molecular weight is 448 g/mol. The van der Waals surface area contributed by atoms with Gasteiger partial charge in [-0.15, -0.1) is 11.3 Å². The normalized spacial score (nSPS) is 12.9. The predicted molar refractivity (Wildman–Crippen MR) is 129 cm³/mol. The van der Waals surface area contributed by atoms with Gasteiger partial charge < -0.3 is 10.0 Å². The molecular weight excluding hydrogens is 424 g/mol. The van der Waals surface area contributed by atoms with E-state index in [9.17, 15) is 14.4 Å². The van der Waals surface area contributed by atoms with Gasteiger partial charge in [-0.05, 0) is 35.0 Å². The van der Waals surface area contributed by atoms with Gasteiger partial charge in [-0.2, -0.15) is 0 Å². The lowest BCUT2D eigenvalue weighted by Crippen LogP contribution is -3.12. The average Bonchev–Trinajstić information content (AvgIpc) is 2.81. The van der Waals surface area contributed by atoms with Gasteiger partial charge in [0.05, 0.1) is 13.2 Å². The van der Waals surface area contributed by atoms with Crippen LogP contribution in [-0.4, -0.2) is 42.2 Å². The number of nitrogens with one attached hydrogen (secondary N) is 1. The van der Waals surface area contributed by atoms with Crippen LogP contribution in [0.25, 0.3) is 41.7 Å². The summed E-state index contributed by atoms with van der Waals surface area (Å²) in [6, 6.07) is 15.8.